The largest absolute Gasteiger partial charge is 0.392 e. The molecule has 0 bridgehead atoms. The third-order valence-electron chi connectivity index (χ3n) is 2.60. The van der Waals surface area contributed by atoms with Crippen molar-refractivity contribution >= 4 is 0 Å². The molecule has 1 fully saturated rings. The van der Waals surface area contributed by atoms with Crippen molar-refractivity contribution in [2.75, 3.05) is 19.8 Å². The van der Waals surface area contributed by atoms with E-state index in [0.29, 0.717) is 31.1 Å². The van der Waals surface area contributed by atoms with E-state index in [9.17, 15) is 13.9 Å². The summed E-state index contributed by atoms with van der Waals surface area (Å²) in [6.45, 7) is 0.0466. The molecule has 8 heteroatoms. The van der Waals surface area contributed by atoms with Crippen molar-refractivity contribution in [3.05, 3.63) is 11.7 Å². The maximum Gasteiger partial charge on any atom is 0.261 e. The van der Waals surface area contributed by atoms with Crippen molar-refractivity contribution in [1.29, 1.82) is 0 Å². The summed E-state index contributed by atoms with van der Waals surface area (Å²) in [6.07, 6.45) is -2.01. The van der Waals surface area contributed by atoms with Crippen LogP contribution in [0.4, 0.5) is 8.78 Å². The lowest BCUT2D eigenvalue weighted by Gasteiger charge is -2.01. The predicted octanol–water partition coefficient (Wildman–Crippen LogP) is 0.289. The molecule has 0 radical (unpaired) electrons. The van der Waals surface area contributed by atoms with E-state index in [1.165, 1.54) is 0 Å². The van der Waals surface area contributed by atoms with Gasteiger partial charge in [0.15, 0.2) is 5.82 Å². The van der Waals surface area contributed by atoms with Crippen molar-refractivity contribution in [1.82, 2.24) is 15.5 Å². The number of aliphatic hydroxyl groups excluding tert-OH is 1. The van der Waals surface area contributed by atoms with Crippen LogP contribution in [0.15, 0.2) is 4.52 Å². The molecule has 1 unspecified atom stereocenters. The first kappa shape index (κ1) is 13.3. The van der Waals surface area contributed by atoms with Gasteiger partial charge in [-0.25, -0.2) is 8.78 Å². The van der Waals surface area contributed by atoms with E-state index in [1.807, 2.05) is 0 Å². The van der Waals surface area contributed by atoms with Crippen LogP contribution in [-0.2, 0) is 11.2 Å². The lowest BCUT2D eigenvalue weighted by molar-refractivity contribution is 0.0182. The molecule has 2 N–H and O–H groups in total. The van der Waals surface area contributed by atoms with Crippen LogP contribution in [0.1, 0.15) is 24.2 Å². The molecule has 0 spiro atoms. The Morgan fingerprint density at radius 3 is 3.06 bits per heavy atom. The van der Waals surface area contributed by atoms with Crippen LogP contribution < -0.4 is 5.32 Å². The van der Waals surface area contributed by atoms with Crippen LogP contribution in [0, 0.1) is 0 Å². The number of nitrogens with zero attached hydrogens (tertiary/aromatic N) is 2. The molecule has 1 saturated heterocycles. The molecule has 2 atom stereocenters. The Kier molecular flexibility index (Phi) is 4.56. The van der Waals surface area contributed by atoms with Crippen molar-refractivity contribution in [2.24, 2.45) is 0 Å². The van der Waals surface area contributed by atoms with E-state index in [4.69, 9.17) is 9.26 Å². The molecule has 6 nitrogen and oxygen atoms in total. The summed E-state index contributed by atoms with van der Waals surface area (Å²) < 4.78 is 33.4. The number of rotatable bonds is 6. The molecule has 0 aliphatic carbocycles. The smallest absolute Gasteiger partial charge is 0.261 e. The Morgan fingerprint density at radius 1 is 1.56 bits per heavy atom. The first-order valence-electron chi connectivity index (χ1n) is 5.75. The first-order chi connectivity index (χ1) is 8.65. The van der Waals surface area contributed by atoms with Gasteiger partial charge >= 0.3 is 0 Å². The quantitative estimate of drug-likeness (QED) is 0.718. The molecule has 0 aromatic carbocycles. The minimum absolute atomic E-state index is 0.129. The molecule has 18 heavy (non-hydrogen) atoms. The Labute approximate surface area is 102 Å². The number of β-amino-alcohol motifs (C(OH)–C–C–N with tert-alkyl or cyclic N) is 1. The number of aromatic nitrogens is 2. The number of alkyl halides is 2. The van der Waals surface area contributed by atoms with Gasteiger partial charge in [0.1, 0.15) is 6.61 Å². The maximum absolute atomic E-state index is 11.8. The summed E-state index contributed by atoms with van der Waals surface area (Å²) in [6, 6.07) is -0.136. The minimum atomic E-state index is -2.46. The molecule has 2 rings (SSSR count). The molecule has 1 aromatic heterocycles. The second kappa shape index (κ2) is 6.17. The Hall–Kier alpha value is -1.12. The Bertz CT molecular complexity index is 375. The van der Waals surface area contributed by atoms with Crippen LogP contribution in [0.3, 0.4) is 0 Å². The van der Waals surface area contributed by atoms with Crippen molar-refractivity contribution in [2.45, 2.75) is 31.4 Å². The molecule has 1 aromatic rings. The van der Waals surface area contributed by atoms with Crippen molar-refractivity contribution < 1.29 is 23.1 Å². The fourth-order valence-electron chi connectivity index (χ4n) is 1.75. The van der Waals surface area contributed by atoms with E-state index >= 15 is 0 Å². The number of hydrogen-bond acceptors (Lipinski definition) is 6. The number of ether oxygens (including phenoxy) is 1. The number of hydrogen-bond donors (Lipinski definition) is 2. The van der Waals surface area contributed by atoms with Crippen LogP contribution >= 0.6 is 0 Å². The summed E-state index contributed by atoms with van der Waals surface area (Å²) in [4.78, 5) is 4.12. The van der Waals surface area contributed by atoms with E-state index < -0.39 is 19.1 Å². The fourth-order valence-corrected chi connectivity index (χ4v) is 1.75. The van der Waals surface area contributed by atoms with Crippen LogP contribution in [0.5, 0.6) is 0 Å². The van der Waals surface area contributed by atoms with Gasteiger partial charge in [-0.15, -0.1) is 0 Å². The maximum atomic E-state index is 11.8. The number of halogens is 2. The summed E-state index contributed by atoms with van der Waals surface area (Å²) in [7, 11) is 0. The third-order valence-corrected chi connectivity index (χ3v) is 2.60. The second-order valence-corrected chi connectivity index (χ2v) is 4.12. The van der Waals surface area contributed by atoms with Crippen molar-refractivity contribution in [3.8, 4) is 0 Å². The Balaban J connectivity index is 1.76. The lowest BCUT2D eigenvalue weighted by Crippen LogP contribution is -2.15. The van der Waals surface area contributed by atoms with Gasteiger partial charge in [0.2, 0.25) is 5.89 Å². The molecule has 1 aliphatic heterocycles. The van der Waals surface area contributed by atoms with Gasteiger partial charge in [-0.2, -0.15) is 4.98 Å². The standard InChI is InChI=1S/C10H15F2N3O3/c11-8(12)5-17-2-1-9-14-10(18-15-9)7-3-6(16)4-13-7/h6-8,13,16H,1-5H2/t6?,7-/m0/s1. The van der Waals surface area contributed by atoms with Gasteiger partial charge in [0, 0.05) is 13.0 Å². The van der Waals surface area contributed by atoms with Gasteiger partial charge in [-0.05, 0) is 6.42 Å². The summed E-state index contributed by atoms with van der Waals surface area (Å²) in [5, 5.41) is 16.1. The fraction of sp³-hybridized carbons (Fsp3) is 0.800. The minimum Gasteiger partial charge on any atom is -0.392 e. The zero-order valence-corrected chi connectivity index (χ0v) is 9.68. The number of nitrogens with one attached hydrogen (secondary N) is 1. The molecule has 1 aliphatic rings. The first-order valence-corrected chi connectivity index (χ1v) is 5.75. The van der Waals surface area contributed by atoms with Gasteiger partial charge < -0.3 is 19.7 Å². The molecular weight excluding hydrogens is 248 g/mol. The normalized spacial score (nSPS) is 24.0. The summed E-state index contributed by atoms with van der Waals surface area (Å²) >= 11 is 0. The Morgan fingerprint density at radius 2 is 2.39 bits per heavy atom. The molecule has 0 amide bonds. The zero-order chi connectivity index (χ0) is 13.0. The highest BCUT2D eigenvalue weighted by molar-refractivity contribution is 4.97. The van der Waals surface area contributed by atoms with Crippen molar-refractivity contribution in [3.63, 3.8) is 0 Å². The van der Waals surface area contributed by atoms with Crippen LogP contribution in [0.2, 0.25) is 0 Å². The highest BCUT2D eigenvalue weighted by atomic mass is 19.3. The van der Waals surface area contributed by atoms with E-state index in [-0.39, 0.29) is 12.6 Å². The van der Waals surface area contributed by atoms with Gasteiger partial charge in [0.25, 0.3) is 6.43 Å². The number of aliphatic hydroxyl groups is 1. The van der Waals surface area contributed by atoms with E-state index in [1.54, 1.807) is 0 Å². The predicted molar refractivity (Wildman–Crippen MR) is 56.2 cm³/mol. The second-order valence-electron chi connectivity index (χ2n) is 4.12. The summed E-state index contributed by atoms with van der Waals surface area (Å²) in [5.74, 6) is 0.831. The highest BCUT2D eigenvalue weighted by Gasteiger charge is 2.27. The van der Waals surface area contributed by atoms with Crippen LogP contribution in [0.25, 0.3) is 0 Å². The molecule has 0 saturated carbocycles. The zero-order valence-electron chi connectivity index (χ0n) is 9.68. The highest BCUT2D eigenvalue weighted by Crippen LogP contribution is 2.21. The van der Waals surface area contributed by atoms with Crippen LogP contribution in [-0.4, -0.2) is 47.5 Å². The lowest BCUT2D eigenvalue weighted by atomic mass is 10.2. The third kappa shape index (κ3) is 3.69. The summed E-state index contributed by atoms with van der Waals surface area (Å²) in [5.41, 5.74) is 0. The topological polar surface area (TPSA) is 80.4 Å². The van der Waals surface area contributed by atoms with E-state index in [0.717, 1.165) is 0 Å². The van der Waals surface area contributed by atoms with Gasteiger partial charge in [-0.3, -0.25) is 0 Å². The SMILES string of the molecule is OC1CN[C@H](c2nc(CCOCC(F)F)no2)C1. The average molecular weight is 263 g/mol. The average Bonchev–Trinajstić information content (AvgIpc) is 2.93. The van der Waals surface area contributed by atoms with E-state index in [2.05, 4.69) is 15.5 Å². The van der Waals surface area contributed by atoms with Gasteiger partial charge in [-0.1, -0.05) is 5.16 Å². The molecule has 102 valence electrons. The molecular formula is C10H15F2N3O3. The molecule has 2 heterocycles. The monoisotopic (exact) mass is 263 g/mol. The van der Waals surface area contributed by atoms with Gasteiger partial charge in [0.05, 0.1) is 18.8 Å².